The van der Waals surface area contributed by atoms with Crippen LogP contribution in [0.15, 0.2) is 42.6 Å². The minimum absolute atomic E-state index is 0.0447. The summed E-state index contributed by atoms with van der Waals surface area (Å²) in [6, 6.07) is 11.6. The van der Waals surface area contributed by atoms with Crippen LogP contribution < -0.4 is 10.6 Å². The number of likely N-dealkylation sites (tertiary alicyclic amines) is 1. The highest BCUT2D eigenvalue weighted by Crippen LogP contribution is 2.16. The number of hydrogen-bond acceptors (Lipinski definition) is 5. The van der Waals surface area contributed by atoms with Crippen molar-refractivity contribution in [2.75, 3.05) is 25.0 Å². The average molecular weight is 382 g/mol. The summed E-state index contributed by atoms with van der Waals surface area (Å²) >= 11 is 0. The summed E-state index contributed by atoms with van der Waals surface area (Å²) in [5, 5.41) is 6.25. The van der Waals surface area contributed by atoms with Crippen molar-refractivity contribution in [3.63, 3.8) is 0 Å². The van der Waals surface area contributed by atoms with Gasteiger partial charge < -0.3 is 20.3 Å². The van der Waals surface area contributed by atoms with Gasteiger partial charge in [0, 0.05) is 31.0 Å². The van der Waals surface area contributed by atoms with Gasteiger partial charge in [0.1, 0.15) is 5.82 Å². The molecule has 0 atom stereocenters. The van der Waals surface area contributed by atoms with E-state index in [9.17, 15) is 9.59 Å². The van der Waals surface area contributed by atoms with E-state index < -0.39 is 0 Å². The molecule has 3 rings (SSSR count). The van der Waals surface area contributed by atoms with Crippen LogP contribution in [0.1, 0.15) is 35.7 Å². The second-order valence-corrected chi connectivity index (χ2v) is 6.86. The molecule has 7 nitrogen and oxygen atoms in total. The number of carbonyl (C=O) groups is 2. The van der Waals surface area contributed by atoms with E-state index in [-0.39, 0.29) is 18.0 Å². The molecule has 2 aromatic rings. The maximum absolute atomic E-state index is 12.5. The van der Waals surface area contributed by atoms with Crippen molar-refractivity contribution in [3.05, 3.63) is 53.7 Å². The van der Waals surface area contributed by atoms with Gasteiger partial charge in [0.2, 0.25) is 0 Å². The number of nitrogens with one attached hydrogen (secondary N) is 2. The summed E-state index contributed by atoms with van der Waals surface area (Å²) in [5.41, 5.74) is 2.63. The Morgan fingerprint density at radius 3 is 2.64 bits per heavy atom. The first-order chi connectivity index (χ1) is 13.5. The number of aromatic nitrogens is 1. The van der Waals surface area contributed by atoms with Gasteiger partial charge >= 0.3 is 6.09 Å². The first kappa shape index (κ1) is 19.7. The Kier molecular flexibility index (Phi) is 6.47. The van der Waals surface area contributed by atoms with Crippen molar-refractivity contribution in [1.82, 2.24) is 15.2 Å². The van der Waals surface area contributed by atoms with Gasteiger partial charge in [-0.2, -0.15) is 0 Å². The molecular weight excluding hydrogens is 356 g/mol. The number of aryl methyl sites for hydroxylation is 1. The summed E-state index contributed by atoms with van der Waals surface area (Å²) < 4.78 is 5.01. The van der Waals surface area contributed by atoms with Gasteiger partial charge in [-0.05, 0) is 56.5 Å². The van der Waals surface area contributed by atoms with E-state index in [0.717, 1.165) is 11.3 Å². The van der Waals surface area contributed by atoms with Crippen LogP contribution in [-0.2, 0) is 4.74 Å². The first-order valence-corrected chi connectivity index (χ1v) is 9.57. The van der Waals surface area contributed by atoms with E-state index >= 15 is 0 Å². The van der Waals surface area contributed by atoms with Crippen LogP contribution in [0.3, 0.4) is 0 Å². The lowest BCUT2D eigenvalue weighted by Gasteiger charge is -2.31. The van der Waals surface area contributed by atoms with Crippen molar-refractivity contribution in [1.29, 1.82) is 0 Å². The lowest BCUT2D eigenvalue weighted by molar-refractivity contribution is 0.0860. The molecule has 28 heavy (non-hydrogen) atoms. The third kappa shape index (κ3) is 5.22. The molecule has 1 fully saturated rings. The molecule has 2 heterocycles. The van der Waals surface area contributed by atoms with E-state index in [1.54, 1.807) is 30.2 Å². The van der Waals surface area contributed by atoms with Gasteiger partial charge in [-0.3, -0.25) is 4.79 Å². The van der Waals surface area contributed by atoms with Crippen molar-refractivity contribution < 1.29 is 14.3 Å². The van der Waals surface area contributed by atoms with E-state index in [4.69, 9.17) is 4.74 Å². The number of amides is 2. The smallest absolute Gasteiger partial charge is 0.409 e. The van der Waals surface area contributed by atoms with Crippen molar-refractivity contribution in [3.8, 4) is 0 Å². The fraction of sp³-hybridized carbons (Fsp3) is 0.381. The Labute approximate surface area is 165 Å². The molecule has 1 aromatic heterocycles. The van der Waals surface area contributed by atoms with Crippen molar-refractivity contribution in [2.24, 2.45) is 0 Å². The molecule has 0 spiro atoms. The lowest BCUT2D eigenvalue weighted by Crippen LogP contribution is -2.46. The number of nitrogens with zero attached hydrogens (tertiary/aromatic N) is 2. The molecule has 1 aliphatic heterocycles. The highest BCUT2D eigenvalue weighted by atomic mass is 16.6. The number of anilines is 2. The number of carbonyl (C=O) groups excluding carboxylic acids is 2. The van der Waals surface area contributed by atoms with E-state index in [1.165, 1.54) is 0 Å². The van der Waals surface area contributed by atoms with Gasteiger partial charge in [0.05, 0.1) is 12.2 Å². The maximum Gasteiger partial charge on any atom is 0.409 e. The van der Waals surface area contributed by atoms with Crippen LogP contribution in [0.4, 0.5) is 16.3 Å². The van der Waals surface area contributed by atoms with Crippen LogP contribution in [0.2, 0.25) is 0 Å². The molecule has 7 heteroatoms. The van der Waals surface area contributed by atoms with E-state index in [0.29, 0.717) is 43.9 Å². The number of pyridine rings is 1. The van der Waals surface area contributed by atoms with Crippen LogP contribution in [0.25, 0.3) is 0 Å². The van der Waals surface area contributed by atoms with Gasteiger partial charge in [0.25, 0.3) is 5.91 Å². The highest BCUT2D eigenvalue weighted by molar-refractivity contribution is 5.94. The normalized spacial score (nSPS) is 14.4. The van der Waals surface area contributed by atoms with Crippen LogP contribution in [0, 0.1) is 6.92 Å². The molecule has 0 unspecified atom stereocenters. The van der Waals surface area contributed by atoms with Gasteiger partial charge in [-0.1, -0.05) is 12.1 Å². The third-order valence-electron chi connectivity index (χ3n) is 4.67. The predicted molar refractivity (Wildman–Crippen MR) is 108 cm³/mol. The summed E-state index contributed by atoms with van der Waals surface area (Å²) in [5.74, 6) is 0.536. The van der Waals surface area contributed by atoms with E-state index in [1.807, 2.05) is 31.2 Å². The van der Waals surface area contributed by atoms with Crippen LogP contribution >= 0.6 is 0 Å². The molecule has 0 bridgehead atoms. The van der Waals surface area contributed by atoms with Crippen molar-refractivity contribution >= 4 is 23.5 Å². The standard InChI is InChI=1S/C21H26N4O3/c1-3-28-21(27)25-11-9-17(10-12-25)24-20(26)16-7-8-19(22-14-16)23-18-6-4-5-15(2)13-18/h4-8,13-14,17H,3,9-12H2,1-2H3,(H,22,23)(H,24,26). The Hall–Kier alpha value is -3.09. The lowest BCUT2D eigenvalue weighted by atomic mass is 10.0. The summed E-state index contributed by atoms with van der Waals surface area (Å²) in [6.07, 6.45) is 2.71. The Morgan fingerprint density at radius 1 is 1.21 bits per heavy atom. The molecule has 2 amide bonds. The Bertz CT molecular complexity index is 815. The Balaban J connectivity index is 1.50. The number of rotatable bonds is 5. The number of ether oxygens (including phenoxy) is 1. The largest absolute Gasteiger partial charge is 0.450 e. The molecule has 1 aromatic carbocycles. The van der Waals surface area contributed by atoms with Crippen molar-refractivity contribution in [2.45, 2.75) is 32.7 Å². The predicted octanol–water partition coefficient (Wildman–Crippen LogP) is 3.48. The minimum Gasteiger partial charge on any atom is -0.450 e. The summed E-state index contributed by atoms with van der Waals surface area (Å²) in [7, 11) is 0. The Morgan fingerprint density at radius 2 is 2.00 bits per heavy atom. The zero-order chi connectivity index (χ0) is 19.9. The van der Waals surface area contributed by atoms with Gasteiger partial charge in [-0.25, -0.2) is 9.78 Å². The summed E-state index contributed by atoms with van der Waals surface area (Å²) in [4.78, 5) is 30.2. The van der Waals surface area contributed by atoms with Gasteiger partial charge in [0.15, 0.2) is 0 Å². The fourth-order valence-electron chi connectivity index (χ4n) is 3.16. The molecule has 0 aliphatic carbocycles. The second kappa shape index (κ2) is 9.21. The van der Waals surface area contributed by atoms with Crippen LogP contribution in [0.5, 0.6) is 0 Å². The topological polar surface area (TPSA) is 83.6 Å². The molecule has 1 aliphatic rings. The average Bonchev–Trinajstić information content (AvgIpc) is 2.69. The number of piperidine rings is 1. The van der Waals surface area contributed by atoms with Crippen LogP contribution in [-0.4, -0.2) is 47.6 Å². The molecular formula is C21H26N4O3. The molecule has 148 valence electrons. The number of benzene rings is 1. The maximum atomic E-state index is 12.5. The third-order valence-corrected chi connectivity index (χ3v) is 4.67. The summed E-state index contributed by atoms with van der Waals surface area (Å²) in [6.45, 7) is 5.36. The molecule has 1 saturated heterocycles. The number of hydrogen-bond donors (Lipinski definition) is 2. The quantitative estimate of drug-likeness (QED) is 0.827. The minimum atomic E-state index is -0.284. The molecule has 0 saturated carbocycles. The SMILES string of the molecule is CCOC(=O)N1CCC(NC(=O)c2ccc(Nc3cccc(C)c3)nc2)CC1. The molecule has 2 N–H and O–H groups in total. The zero-order valence-electron chi connectivity index (χ0n) is 16.3. The fourth-order valence-corrected chi connectivity index (χ4v) is 3.16. The van der Waals surface area contributed by atoms with Gasteiger partial charge in [-0.15, -0.1) is 0 Å². The van der Waals surface area contributed by atoms with E-state index in [2.05, 4.69) is 15.6 Å². The first-order valence-electron chi connectivity index (χ1n) is 9.57. The second-order valence-electron chi connectivity index (χ2n) is 6.86. The highest BCUT2D eigenvalue weighted by Gasteiger charge is 2.24. The zero-order valence-corrected chi connectivity index (χ0v) is 16.3. The monoisotopic (exact) mass is 382 g/mol. The molecule has 0 radical (unpaired) electrons.